The lowest BCUT2D eigenvalue weighted by Gasteiger charge is -2.14. The van der Waals surface area contributed by atoms with Gasteiger partial charge in [0, 0.05) is 24.2 Å². The zero-order valence-corrected chi connectivity index (χ0v) is 11.1. The molecule has 1 aromatic rings. The van der Waals surface area contributed by atoms with Crippen molar-refractivity contribution in [3.05, 3.63) is 15.5 Å². The van der Waals surface area contributed by atoms with Gasteiger partial charge >= 0.3 is 0 Å². The maximum absolute atomic E-state index is 11.4. The second kappa shape index (κ2) is 6.83. The number of amides is 1. The van der Waals surface area contributed by atoms with Gasteiger partial charge in [0.2, 0.25) is 5.91 Å². The first-order chi connectivity index (χ1) is 7.61. The maximum Gasteiger partial charge on any atom is 0.234 e. The highest BCUT2D eigenvalue weighted by molar-refractivity contribution is 7.15. The Morgan fingerprint density at radius 1 is 1.69 bits per heavy atom. The van der Waals surface area contributed by atoms with Gasteiger partial charge in [0.1, 0.15) is 0 Å². The number of halogens is 1. The molecule has 0 aliphatic heterocycles. The average Bonchev–Trinajstić information content (AvgIpc) is 2.60. The van der Waals surface area contributed by atoms with Gasteiger partial charge in [-0.15, -0.1) is 11.3 Å². The summed E-state index contributed by atoms with van der Waals surface area (Å²) >= 11 is 7.17. The van der Waals surface area contributed by atoms with Crippen molar-refractivity contribution >= 4 is 28.8 Å². The number of hydrogen-bond donors (Lipinski definition) is 1. The fraction of sp³-hybridized carbons (Fsp3) is 0.600. The Bertz CT molecular complexity index is 343. The standard InChI is InChI=1S/C10H16ClN3OS/c1-3-4-12-9(15)7-14(2)6-8-5-13-10(11)16-8/h5H,3-4,6-7H2,1-2H3,(H,12,15). The van der Waals surface area contributed by atoms with E-state index in [2.05, 4.69) is 10.3 Å². The predicted molar refractivity (Wildman–Crippen MR) is 66.8 cm³/mol. The Balaban J connectivity index is 2.30. The highest BCUT2D eigenvalue weighted by Crippen LogP contribution is 2.18. The highest BCUT2D eigenvalue weighted by Gasteiger charge is 2.08. The molecule has 4 nitrogen and oxygen atoms in total. The third kappa shape index (κ3) is 4.92. The van der Waals surface area contributed by atoms with E-state index < -0.39 is 0 Å². The lowest BCUT2D eigenvalue weighted by Crippen LogP contribution is -2.35. The number of aromatic nitrogens is 1. The molecule has 6 heteroatoms. The summed E-state index contributed by atoms with van der Waals surface area (Å²) in [6, 6.07) is 0. The Hall–Kier alpha value is -0.650. The number of hydrogen-bond acceptors (Lipinski definition) is 4. The molecule has 90 valence electrons. The molecule has 0 saturated carbocycles. The quantitative estimate of drug-likeness (QED) is 0.849. The smallest absolute Gasteiger partial charge is 0.234 e. The van der Waals surface area contributed by atoms with Crippen LogP contribution in [0.1, 0.15) is 18.2 Å². The van der Waals surface area contributed by atoms with Crippen molar-refractivity contribution in [3.8, 4) is 0 Å². The van der Waals surface area contributed by atoms with E-state index in [-0.39, 0.29) is 5.91 Å². The molecule has 1 rings (SSSR count). The first-order valence-corrected chi connectivity index (χ1v) is 6.36. The van der Waals surface area contributed by atoms with E-state index >= 15 is 0 Å². The van der Waals surface area contributed by atoms with Gasteiger partial charge in [-0.2, -0.15) is 0 Å². The summed E-state index contributed by atoms with van der Waals surface area (Å²) in [7, 11) is 1.90. The number of rotatable bonds is 6. The fourth-order valence-corrected chi connectivity index (χ4v) is 2.30. The van der Waals surface area contributed by atoms with E-state index in [0.717, 1.165) is 17.8 Å². The summed E-state index contributed by atoms with van der Waals surface area (Å²) in [5.41, 5.74) is 0. The lowest BCUT2D eigenvalue weighted by atomic mass is 10.4. The van der Waals surface area contributed by atoms with Crippen LogP contribution in [0.2, 0.25) is 4.47 Å². The minimum atomic E-state index is 0.0555. The number of carbonyl (C=O) groups excluding carboxylic acids is 1. The number of carbonyl (C=O) groups is 1. The Labute approximate surface area is 105 Å². The van der Waals surface area contributed by atoms with Crippen LogP contribution in [0.5, 0.6) is 0 Å². The van der Waals surface area contributed by atoms with Crippen molar-refractivity contribution in [2.24, 2.45) is 0 Å². The molecule has 0 aliphatic carbocycles. The number of nitrogens with zero attached hydrogens (tertiary/aromatic N) is 2. The van der Waals surface area contributed by atoms with E-state index in [9.17, 15) is 4.79 Å². The summed E-state index contributed by atoms with van der Waals surface area (Å²) in [5.74, 6) is 0.0555. The molecule has 0 aromatic carbocycles. The van der Waals surface area contributed by atoms with E-state index in [0.29, 0.717) is 17.6 Å². The summed E-state index contributed by atoms with van der Waals surface area (Å²) in [4.78, 5) is 18.4. The predicted octanol–water partition coefficient (Wildman–Crippen LogP) is 1.75. The molecule has 0 radical (unpaired) electrons. The summed E-state index contributed by atoms with van der Waals surface area (Å²) < 4.78 is 0.541. The average molecular weight is 262 g/mol. The fourth-order valence-electron chi connectivity index (χ4n) is 1.24. The normalized spacial score (nSPS) is 10.8. The number of nitrogens with one attached hydrogen (secondary N) is 1. The lowest BCUT2D eigenvalue weighted by molar-refractivity contribution is -0.122. The van der Waals surface area contributed by atoms with Crippen LogP contribution in [-0.2, 0) is 11.3 Å². The van der Waals surface area contributed by atoms with Crippen LogP contribution in [0.15, 0.2) is 6.20 Å². The monoisotopic (exact) mass is 261 g/mol. The van der Waals surface area contributed by atoms with Crippen molar-refractivity contribution in [2.75, 3.05) is 20.1 Å². The number of thiazole rings is 1. The molecule has 1 N–H and O–H groups in total. The molecule has 0 unspecified atom stereocenters. The van der Waals surface area contributed by atoms with Crippen molar-refractivity contribution in [1.82, 2.24) is 15.2 Å². The van der Waals surface area contributed by atoms with E-state index in [1.54, 1.807) is 6.20 Å². The van der Waals surface area contributed by atoms with Gasteiger partial charge in [0.15, 0.2) is 4.47 Å². The zero-order valence-electron chi connectivity index (χ0n) is 9.49. The van der Waals surface area contributed by atoms with Crippen LogP contribution in [0, 0.1) is 0 Å². The zero-order chi connectivity index (χ0) is 12.0. The molecular weight excluding hydrogens is 246 g/mol. The van der Waals surface area contributed by atoms with Gasteiger partial charge in [-0.05, 0) is 13.5 Å². The molecular formula is C10H16ClN3OS. The van der Waals surface area contributed by atoms with E-state index in [1.165, 1.54) is 11.3 Å². The molecule has 1 aromatic heterocycles. The van der Waals surface area contributed by atoms with Crippen molar-refractivity contribution < 1.29 is 4.79 Å². The van der Waals surface area contributed by atoms with Crippen LogP contribution in [0.25, 0.3) is 0 Å². The SMILES string of the molecule is CCCNC(=O)CN(C)Cc1cnc(Cl)s1. The molecule has 0 atom stereocenters. The second-order valence-corrected chi connectivity index (χ2v) is 5.30. The topological polar surface area (TPSA) is 45.2 Å². The minimum absolute atomic E-state index is 0.0555. The van der Waals surface area contributed by atoms with Gasteiger partial charge in [0.25, 0.3) is 0 Å². The molecule has 0 aliphatic rings. The van der Waals surface area contributed by atoms with Gasteiger partial charge in [-0.1, -0.05) is 18.5 Å². The van der Waals surface area contributed by atoms with Gasteiger partial charge in [-0.25, -0.2) is 4.98 Å². The van der Waals surface area contributed by atoms with Crippen LogP contribution in [0.3, 0.4) is 0 Å². The minimum Gasteiger partial charge on any atom is -0.355 e. The highest BCUT2D eigenvalue weighted by atomic mass is 35.5. The van der Waals surface area contributed by atoms with Crippen LogP contribution in [0.4, 0.5) is 0 Å². The van der Waals surface area contributed by atoms with Crippen molar-refractivity contribution in [2.45, 2.75) is 19.9 Å². The molecule has 0 spiro atoms. The van der Waals surface area contributed by atoms with Crippen LogP contribution in [-0.4, -0.2) is 35.9 Å². The van der Waals surface area contributed by atoms with Gasteiger partial charge in [-0.3, -0.25) is 9.69 Å². The third-order valence-corrected chi connectivity index (χ3v) is 3.04. The molecule has 1 heterocycles. The molecule has 0 saturated heterocycles. The number of likely N-dealkylation sites (N-methyl/N-ethyl adjacent to an activating group) is 1. The Morgan fingerprint density at radius 3 is 3.00 bits per heavy atom. The van der Waals surface area contributed by atoms with Crippen molar-refractivity contribution in [1.29, 1.82) is 0 Å². The summed E-state index contributed by atoms with van der Waals surface area (Å²) in [6.07, 6.45) is 2.70. The largest absolute Gasteiger partial charge is 0.355 e. The second-order valence-electron chi connectivity index (χ2n) is 3.60. The van der Waals surface area contributed by atoms with E-state index in [4.69, 9.17) is 11.6 Å². The maximum atomic E-state index is 11.4. The van der Waals surface area contributed by atoms with Crippen molar-refractivity contribution in [3.63, 3.8) is 0 Å². The van der Waals surface area contributed by atoms with Crippen LogP contribution >= 0.6 is 22.9 Å². The Kier molecular flexibility index (Phi) is 5.73. The van der Waals surface area contributed by atoms with Gasteiger partial charge in [0.05, 0.1) is 6.54 Å². The first kappa shape index (κ1) is 13.4. The van der Waals surface area contributed by atoms with Gasteiger partial charge < -0.3 is 5.32 Å². The summed E-state index contributed by atoms with van der Waals surface area (Å²) in [5, 5.41) is 2.84. The molecule has 0 bridgehead atoms. The first-order valence-electron chi connectivity index (χ1n) is 5.17. The molecule has 0 fully saturated rings. The van der Waals surface area contributed by atoms with E-state index in [1.807, 2.05) is 18.9 Å². The molecule has 1 amide bonds. The van der Waals surface area contributed by atoms with Crippen LogP contribution < -0.4 is 5.32 Å². The molecule has 16 heavy (non-hydrogen) atoms. The third-order valence-electron chi connectivity index (χ3n) is 1.94. The summed E-state index contributed by atoms with van der Waals surface area (Å²) in [6.45, 7) is 3.86. The Morgan fingerprint density at radius 2 is 2.44 bits per heavy atom.